The third-order valence-corrected chi connectivity index (χ3v) is 4.59. The average molecular weight is 326 g/mol. The predicted octanol–water partition coefficient (Wildman–Crippen LogP) is 3.47. The number of rotatable bonds is 5. The van der Waals surface area contributed by atoms with Crippen LogP contribution in [0.1, 0.15) is 31.7 Å². The van der Waals surface area contributed by atoms with E-state index in [9.17, 15) is 5.11 Å². The fourth-order valence-corrected chi connectivity index (χ4v) is 3.45. The van der Waals surface area contributed by atoms with Gasteiger partial charge in [0.15, 0.2) is 0 Å². The van der Waals surface area contributed by atoms with Crippen LogP contribution in [0.5, 0.6) is 5.88 Å². The minimum Gasteiger partial charge on any atom is -0.475 e. The van der Waals surface area contributed by atoms with Crippen molar-refractivity contribution in [2.24, 2.45) is 5.92 Å². The molecule has 4 nitrogen and oxygen atoms in total. The van der Waals surface area contributed by atoms with Gasteiger partial charge in [0.1, 0.15) is 5.82 Å². The van der Waals surface area contributed by atoms with Crippen LogP contribution in [0.4, 0.5) is 5.82 Å². The summed E-state index contributed by atoms with van der Waals surface area (Å²) in [4.78, 5) is 6.88. The van der Waals surface area contributed by atoms with Gasteiger partial charge in [-0.05, 0) is 37.8 Å². The summed E-state index contributed by atoms with van der Waals surface area (Å²) in [7, 11) is 0. The molecule has 2 atom stereocenters. The van der Waals surface area contributed by atoms with Gasteiger partial charge in [-0.3, -0.25) is 0 Å². The number of aliphatic hydroxyl groups excluding tert-OH is 1. The van der Waals surface area contributed by atoms with E-state index in [1.807, 2.05) is 38.1 Å². The third-order valence-electron chi connectivity index (χ3n) is 4.59. The second kappa shape index (κ2) is 7.67. The molecule has 0 aliphatic carbocycles. The van der Waals surface area contributed by atoms with E-state index in [0.29, 0.717) is 11.8 Å². The molecular formula is C20H26N2O2. The lowest BCUT2D eigenvalue weighted by Crippen LogP contribution is -2.41. The van der Waals surface area contributed by atoms with Crippen LogP contribution in [-0.2, 0) is 0 Å². The maximum atomic E-state index is 9.89. The lowest BCUT2D eigenvalue weighted by molar-refractivity contribution is 0.189. The SMILES string of the molecule is CC(C)Oc1cccc(N2CC[C@@H](c3ccccc3)[C@@H](CO)C2)n1. The smallest absolute Gasteiger partial charge is 0.215 e. The lowest BCUT2D eigenvalue weighted by Gasteiger charge is -2.38. The van der Waals surface area contributed by atoms with Crippen LogP contribution >= 0.6 is 0 Å². The Morgan fingerprint density at radius 1 is 1.17 bits per heavy atom. The van der Waals surface area contributed by atoms with Crippen molar-refractivity contribution in [2.45, 2.75) is 32.3 Å². The highest BCUT2D eigenvalue weighted by atomic mass is 16.5. The van der Waals surface area contributed by atoms with Gasteiger partial charge in [0.2, 0.25) is 5.88 Å². The van der Waals surface area contributed by atoms with E-state index in [2.05, 4.69) is 34.1 Å². The summed E-state index contributed by atoms with van der Waals surface area (Å²) in [5, 5.41) is 9.89. The van der Waals surface area contributed by atoms with Crippen LogP contribution in [0.2, 0.25) is 0 Å². The molecule has 0 saturated carbocycles. The number of pyridine rings is 1. The molecule has 1 aliphatic heterocycles. The first-order valence-corrected chi connectivity index (χ1v) is 8.72. The third kappa shape index (κ3) is 3.88. The van der Waals surface area contributed by atoms with Crippen molar-refractivity contribution < 1.29 is 9.84 Å². The first kappa shape index (κ1) is 16.8. The standard InChI is InChI=1S/C20H26N2O2/c1-15(2)24-20-10-6-9-19(21-20)22-12-11-18(17(13-22)14-23)16-7-4-3-5-8-16/h3-10,15,17-18,23H,11-14H2,1-2H3/t17-,18+/m1/s1. The highest BCUT2D eigenvalue weighted by molar-refractivity contribution is 5.42. The zero-order valence-corrected chi connectivity index (χ0v) is 14.4. The molecule has 0 spiro atoms. The highest BCUT2D eigenvalue weighted by Gasteiger charge is 2.30. The van der Waals surface area contributed by atoms with Crippen LogP contribution in [0, 0.1) is 5.92 Å². The highest BCUT2D eigenvalue weighted by Crippen LogP contribution is 2.34. The molecule has 0 bridgehead atoms. The fourth-order valence-electron chi connectivity index (χ4n) is 3.45. The molecule has 1 saturated heterocycles. The summed E-state index contributed by atoms with van der Waals surface area (Å²) in [6, 6.07) is 16.4. The molecule has 0 unspecified atom stereocenters. The molecule has 1 N–H and O–H groups in total. The summed E-state index contributed by atoms with van der Waals surface area (Å²) in [6.07, 6.45) is 1.13. The van der Waals surface area contributed by atoms with Crippen LogP contribution < -0.4 is 9.64 Å². The molecule has 0 amide bonds. The Morgan fingerprint density at radius 3 is 2.67 bits per heavy atom. The number of ether oxygens (including phenoxy) is 1. The van der Waals surface area contributed by atoms with E-state index in [-0.39, 0.29) is 18.6 Å². The second-order valence-corrected chi connectivity index (χ2v) is 6.70. The first-order valence-electron chi connectivity index (χ1n) is 8.72. The second-order valence-electron chi connectivity index (χ2n) is 6.70. The zero-order valence-electron chi connectivity index (χ0n) is 14.4. The summed E-state index contributed by atoms with van der Waals surface area (Å²) in [5.41, 5.74) is 1.32. The van der Waals surface area contributed by atoms with Crippen molar-refractivity contribution in [3.8, 4) is 5.88 Å². The number of hydrogen-bond acceptors (Lipinski definition) is 4. The lowest BCUT2D eigenvalue weighted by atomic mass is 9.81. The van der Waals surface area contributed by atoms with E-state index < -0.39 is 0 Å². The van der Waals surface area contributed by atoms with Crippen molar-refractivity contribution in [3.05, 3.63) is 54.1 Å². The number of benzene rings is 1. The van der Waals surface area contributed by atoms with Gasteiger partial charge in [0.25, 0.3) is 0 Å². The number of piperidine rings is 1. The van der Waals surface area contributed by atoms with Gasteiger partial charge in [0.05, 0.1) is 6.10 Å². The normalized spacial score (nSPS) is 21.1. The number of aliphatic hydroxyl groups is 1. The Kier molecular flexibility index (Phi) is 5.36. The molecular weight excluding hydrogens is 300 g/mol. The number of aromatic nitrogens is 1. The quantitative estimate of drug-likeness (QED) is 0.914. The van der Waals surface area contributed by atoms with Gasteiger partial charge in [0, 0.05) is 31.7 Å². The number of nitrogens with zero attached hydrogens (tertiary/aromatic N) is 2. The van der Waals surface area contributed by atoms with Crippen LogP contribution in [0.25, 0.3) is 0 Å². The molecule has 2 heterocycles. The van der Waals surface area contributed by atoms with Crippen molar-refractivity contribution >= 4 is 5.82 Å². The van der Waals surface area contributed by atoms with Crippen molar-refractivity contribution in [3.63, 3.8) is 0 Å². The van der Waals surface area contributed by atoms with E-state index in [1.165, 1.54) is 5.56 Å². The van der Waals surface area contributed by atoms with Crippen molar-refractivity contribution in [1.29, 1.82) is 0 Å². The van der Waals surface area contributed by atoms with Crippen molar-refractivity contribution in [2.75, 3.05) is 24.6 Å². The van der Waals surface area contributed by atoms with Crippen LogP contribution in [0.3, 0.4) is 0 Å². The summed E-state index contributed by atoms with van der Waals surface area (Å²) in [5.74, 6) is 2.21. The maximum Gasteiger partial charge on any atom is 0.215 e. The average Bonchev–Trinajstić information content (AvgIpc) is 2.61. The maximum absolute atomic E-state index is 9.89. The largest absolute Gasteiger partial charge is 0.475 e. The van der Waals surface area contributed by atoms with Gasteiger partial charge >= 0.3 is 0 Å². The van der Waals surface area contributed by atoms with E-state index >= 15 is 0 Å². The molecule has 3 rings (SSSR count). The summed E-state index contributed by atoms with van der Waals surface area (Å²) < 4.78 is 5.70. The Morgan fingerprint density at radius 2 is 1.96 bits per heavy atom. The molecule has 24 heavy (non-hydrogen) atoms. The molecule has 0 radical (unpaired) electrons. The predicted molar refractivity (Wildman–Crippen MR) is 96.6 cm³/mol. The summed E-state index contributed by atoms with van der Waals surface area (Å²) >= 11 is 0. The Bertz CT molecular complexity index is 645. The molecule has 1 fully saturated rings. The van der Waals surface area contributed by atoms with Crippen molar-refractivity contribution in [1.82, 2.24) is 4.98 Å². The minimum absolute atomic E-state index is 0.113. The van der Waals surface area contributed by atoms with Crippen LogP contribution in [-0.4, -0.2) is 35.9 Å². The Labute approximate surface area is 144 Å². The van der Waals surface area contributed by atoms with Gasteiger partial charge in [-0.25, -0.2) is 0 Å². The molecule has 1 aromatic carbocycles. The van der Waals surface area contributed by atoms with Gasteiger partial charge in [-0.2, -0.15) is 4.98 Å². The van der Waals surface area contributed by atoms with Gasteiger partial charge in [-0.15, -0.1) is 0 Å². The number of hydrogen-bond donors (Lipinski definition) is 1. The van der Waals surface area contributed by atoms with Crippen LogP contribution in [0.15, 0.2) is 48.5 Å². The van der Waals surface area contributed by atoms with E-state index in [1.54, 1.807) is 0 Å². The fraction of sp³-hybridized carbons (Fsp3) is 0.450. The minimum atomic E-state index is 0.113. The molecule has 128 valence electrons. The van der Waals surface area contributed by atoms with E-state index in [0.717, 1.165) is 25.3 Å². The Hall–Kier alpha value is -2.07. The van der Waals surface area contributed by atoms with Gasteiger partial charge < -0.3 is 14.7 Å². The van der Waals surface area contributed by atoms with Gasteiger partial charge in [-0.1, -0.05) is 36.4 Å². The van der Waals surface area contributed by atoms with E-state index in [4.69, 9.17) is 4.74 Å². The number of anilines is 1. The topological polar surface area (TPSA) is 45.6 Å². The molecule has 4 heteroatoms. The summed E-state index contributed by atoms with van der Waals surface area (Å²) in [6.45, 7) is 5.95. The monoisotopic (exact) mass is 326 g/mol. The molecule has 1 aromatic heterocycles. The molecule has 2 aromatic rings. The zero-order chi connectivity index (χ0) is 16.9. The Balaban J connectivity index is 1.74. The molecule has 1 aliphatic rings. The first-order chi connectivity index (χ1) is 11.7.